The molecule has 1 aliphatic heterocycles. The van der Waals surface area contributed by atoms with Crippen molar-refractivity contribution in [2.24, 2.45) is 0 Å². The van der Waals surface area contributed by atoms with Crippen LogP contribution in [0.4, 0.5) is 13.2 Å². The summed E-state index contributed by atoms with van der Waals surface area (Å²) in [4.78, 5) is 16.7. The summed E-state index contributed by atoms with van der Waals surface area (Å²) in [6.45, 7) is 5.87. The number of nitrogens with zero attached hydrogens (tertiary/aromatic N) is 2. The number of carbonyl (C=O) groups excluding carboxylic acids is 1. The van der Waals surface area contributed by atoms with Crippen LogP contribution in [-0.4, -0.2) is 59.8 Å². The molecule has 2 aromatic rings. The minimum Gasteiger partial charge on any atom is -0.389 e. The number of alkyl halides is 3. The summed E-state index contributed by atoms with van der Waals surface area (Å²) >= 11 is 0. The number of hydrogen-bond acceptors (Lipinski definition) is 4. The molecule has 1 aliphatic rings. The van der Waals surface area contributed by atoms with E-state index in [0.717, 1.165) is 37.7 Å². The molecule has 2 aromatic carbocycles. The molecule has 1 amide bonds. The first kappa shape index (κ1) is 26.9. The van der Waals surface area contributed by atoms with Gasteiger partial charge in [0.2, 0.25) is 5.91 Å². The van der Waals surface area contributed by atoms with Crippen molar-refractivity contribution in [1.29, 1.82) is 0 Å². The predicted molar refractivity (Wildman–Crippen MR) is 129 cm³/mol. The van der Waals surface area contributed by atoms with Gasteiger partial charge in [0.1, 0.15) is 0 Å². The maximum absolute atomic E-state index is 13.5. The zero-order chi connectivity index (χ0) is 25.6. The van der Waals surface area contributed by atoms with Crippen LogP contribution in [0, 0.1) is 0 Å². The average molecular weight is 491 g/mol. The van der Waals surface area contributed by atoms with E-state index < -0.39 is 23.2 Å². The van der Waals surface area contributed by atoms with Crippen LogP contribution in [0.3, 0.4) is 0 Å². The standard InChI is InChI=1S/C27H33F3N2O3/c1-26(2,34)19-32(18-22-7-4-5-10-24(22)27(28,29)30)25(33)12-11-20-8-6-9-21-17-31(15-16-35-3)14-13-23(20)21/h4-12,34H,13-19H2,1-3H3/b12-11+. The lowest BCUT2D eigenvalue weighted by Gasteiger charge is -2.30. The van der Waals surface area contributed by atoms with Gasteiger partial charge in [-0.1, -0.05) is 36.4 Å². The number of fused-ring (bicyclic) bond motifs is 1. The Morgan fingerprint density at radius 3 is 2.60 bits per heavy atom. The number of rotatable bonds is 9. The molecule has 0 unspecified atom stereocenters. The fraction of sp³-hybridized carbons (Fsp3) is 0.444. The van der Waals surface area contributed by atoms with E-state index in [0.29, 0.717) is 6.61 Å². The predicted octanol–water partition coefficient (Wildman–Crippen LogP) is 4.52. The van der Waals surface area contributed by atoms with Crippen molar-refractivity contribution < 1.29 is 27.8 Å². The summed E-state index contributed by atoms with van der Waals surface area (Å²) in [5.41, 5.74) is 1.21. The van der Waals surface area contributed by atoms with Crippen LogP contribution in [-0.2, 0) is 35.2 Å². The topological polar surface area (TPSA) is 53.0 Å². The number of amides is 1. The van der Waals surface area contributed by atoms with Gasteiger partial charge >= 0.3 is 6.18 Å². The second-order valence-corrected chi connectivity index (χ2v) is 9.50. The SMILES string of the molecule is COCCN1CCc2c(/C=C/C(=O)N(Cc3ccccc3C(F)(F)F)CC(C)(C)O)cccc2C1. The molecule has 0 aliphatic carbocycles. The minimum atomic E-state index is -4.53. The molecule has 0 spiro atoms. The number of methoxy groups -OCH3 is 1. The van der Waals surface area contributed by atoms with Crippen molar-refractivity contribution in [3.63, 3.8) is 0 Å². The molecule has 190 valence electrons. The number of halogens is 3. The molecule has 1 heterocycles. The molecule has 0 saturated carbocycles. The van der Waals surface area contributed by atoms with Gasteiger partial charge in [0.15, 0.2) is 0 Å². The molecular formula is C27H33F3N2O3. The summed E-state index contributed by atoms with van der Waals surface area (Å²) < 4.78 is 45.6. The Labute approximate surface area is 204 Å². The van der Waals surface area contributed by atoms with E-state index in [1.165, 1.54) is 54.1 Å². The number of carbonyl (C=O) groups is 1. The van der Waals surface area contributed by atoms with Gasteiger partial charge in [-0.05, 0) is 54.7 Å². The number of ether oxygens (including phenoxy) is 1. The highest BCUT2D eigenvalue weighted by molar-refractivity contribution is 5.92. The Kier molecular flexibility index (Phi) is 8.74. The van der Waals surface area contributed by atoms with Gasteiger partial charge in [0, 0.05) is 45.9 Å². The third-order valence-electron chi connectivity index (χ3n) is 5.97. The van der Waals surface area contributed by atoms with Crippen molar-refractivity contribution in [3.05, 3.63) is 76.4 Å². The average Bonchev–Trinajstić information content (AvgIpc) is 2.79. The highest BCUT2D eigenvalue weighted by atomic mass is 19.4. The zero-order valence-corrected chi connectivity index (χ0v) is 20.4. The molecule has 0 fully saturated rings. The molecule has 0 bridgehead atoms. The summed E-state index contributed by atoms with van der Waals surface area (Å²) in [5.74, 6) is -0.459. The summed E-state index contributed by atoms with van der Waals surface area (Å²) in [6, 6.07) is 11.2. The highest BCUT2D eigenvalue weighted by Gasteiger charge is 2.34. The lowest BCUT2D eigenvalue weighted by molar-refractivity contribution is -0.139. The van der Waals surface area contributed by atoms with E-state index in [4.69, 9.17) is 4.74 Å². The summed E-state index contributed by atoms with van der Waals surface area (Å²) in [6.07, 6.45) is -0.593. The monoisotopic (exact) mass is 490 g/mol. The minimum absolute atomic E-state index is 0.0146. The van der Waals surface area contributed by atoms with Crippen LogP contribution in [0.15, 0.2) is 48.5 Å². The van der Waals surface area contributed by atoms with Crippen LogP contribution in [0.1, 0.15) is 41.7 Å². The third kappa shape index (κ3) is 7.65. The van der Waals surface area contributed by atoms with Gasteiger partial charge in [-0.3, -0.25) is 9.69 Å². The largest absolute Gasteiger partial charge is 0.416 e. The van der Waals surface area contributed by atoms with Crippen molar-refractivity contribution >= 4 is 12.0 Å². The molecule has 3 rings (SSSR count). The fourth-order valence-electron chi connectivity index (χ4n) is 4.35. The summed E-state index contributed by atoms with van der Waals surface area (Å²) in [7, 11) is 1.68. The lowest BCUT2D eigenvalue weighted by atomic mass is 9.94. The van der Waals surface area contributed by atoms with Crippen molar-refractivity contribution in [1.82, 2.24) is 9.80 Å². The molecule has 5 nitrogen and oxygen atoms in total. The molecule has 0 atom stereocenters. The third-order valence-corrected chi connectivity index (χ3v) is 5.97. The Morgan fingerprint density at radius 2 is 1.91 bits per heavy atom. The Hall–Kier alpha value is -2.68. The van der Waals surface area contributed by atoms with Crippen LogP contribution in [0.5, 0.6) is 0 Å². The van der Waals surface area contributed by atoms with Crippen molar-refractivity contribution in [2.45, 2.75) is 45.1 Å². The maximum atomic E-state index is 13.5. The highest BCUT2D eigenvalue weighted by Crippen LogP contribution is 2.32. The van der Waals surface area contributed by atoms with Gasteiger partial charge in [-0.15, -0.1) is 0 Å². The second kappa shape index (κ2) is 11.4. The number of aliphatic hydroxyl groups is 1. The first-order chi connectivity index (χ1) is 16.5. The molecular weight excluding hydrogens is 457 g/mol. The Morgan fingerprint density at radius 1 is 1.17 bits per heavy atom. The first-order valence-electron chi connectivity index (χ1n) is 11.6. The van der Waals surface area contributed by atoms with E-state index in [1.54, 1.807) is 13.2 Å². The van der Waals surface area contributed by atoms with E-state index in [1.807, 2.05) is 12.1 Å². The Bertz CT molecular complexity index is 1040. The first-order valence-corrected chi connectivity index (χ1v) is 11.6. The van der Waals surface area contributed by atoms with Gasteiger partial charge in [0.05, 0.1) is 17.8 Å². The summed E-state index contributed by atoms with van der Waals surface area (Å²) in [5, 5.41) is 10.3. The van der Waals surface area contributed by atoms with Crippen molar-refractivity contribution in [3.8, 4) is 0 Å². The van der Waals surface area contributed by atoms with Gasteiger partial charge in [0.25, 0.3) is 0 Å². The molecule has 35 heavy (non-hydrogen) atoms. The van der Waals surface area contributed by atoms with Crippen LogP contribution >= 0.6 is 0 Å². The van der Waals surface area contributed by atoms with Crippen LogP contribution in [0.25, 0.3) is 6.08 Å². The van der Waals surface area contributed by atoms with Crippen molar-refractivity contribution in [2.75, 3.05) is 33.4 Å². The van der Waals surface area contributed by atoms with E-state index in [9.17, 15) is 23.1 Å². The molecule has 0 aromatic heterocycles. The molecule has 0 radical (unpaired) electrons. The zero-order valence-electron chi connectivity index (χ0n) is 20.4. The molecule has 8 heteroatoms. The van der Waals surface area contributed by atoms with E-state index in [-0.39, 0.29) is 18.7 Å². The maximum Gasteiger partial charge on any atom is 0.416 e. The molecule has 0 saturated heterocycles. The normalized spacial score (nSPS) is 14.8. The van der Waals surface area contributed by atoms with Gasteiger partial charge in [-0.2, -0.15) is 13.2 Å². The smallest absolute Gasteiger partial charge is 0.389 e. The number of hydrogen-bond donors (Lipinski definition) is 1. The van der Waals surface area contributed by atoms with E-state index >= 15 is 0 Å². The fourth-order valence-corrected chi connectivity index (χ4v) is 4.35. The number of benzene rings is 2. The Balaban J connectivity index is 1.81. The molecule has 1 N–H and O–H groups in total. The quantitative estimate of drug-likeness (QED) is 0.525. The van der Waals surface area contributed by atoms with E-state index in [2.05, 4.69) is 11.0 Å². The second-order valence-electron chi connectivity index (χ2n) is 9.50. The lowest BCUT2D eigenvalue weighted by Crippen LogP contribution is -2.41. The van der Waals surface area contributed by atoms with Crippen LogP contribution < -0.4 is 0 Å². The van der Waals surface area contributed by atoms with Crippen LogP contribution in [0.2, 0.25) is 0 Å². The van der Waals surface area contributed by atoms with Gasteiger partial charge < -0.3 is 14.7 Å². The van der Waals surface area contributed by atoms with Gasteiger partial charge in [-0.25, -0.2) is 0 Å².